The Morgan fingerprint density at radius 1 is 1.25 bits per heavy atom. The minimum atomic E-state index is -0.249. The zero-order valence-electron chi connectivity index (χ0n) is 11.9. The van der Waals surface area contributed by atoms with Crippen LogP contribution in [0.15, 0.2) is 18.2 Å². The van der Waals surface area contributed by atoms with Crippen molar-refractivity contribution in [3.63, 3.8) is 0 Å². The molecule has 1 aromatic rings. The molecular weight excluding hydrogens is 255 g/mol. The Bertz CT molecular complexity index is 442. The standard InChI is InChI=1S/C16H23FN2O/c17-15-11-13(12-18-14-4-5-14)3-6-16(15)20-10-9-19-7-1-2-8-19/h3,6,11,14,18H,1-2,4-5,7-10,12H2. The van der Waals surface area contributed by atoms with E-state index in [4.69, 9.17) is 4.74 Å². The van der Waals surface area contributed by atoms with Crippen molar-refractivity contribution >= 4 is 0 Å². The minimum Gasteiger partial charge on any atom is -0.489 e. The second-order valence-corrected chi connectivity index (χ2v) is 5.82. The summed E-state index contributed by atoms with van der Waals surface area (Å²) in [5.74, 6) is 0.126. The number of rotatable bonds is 7. The lowest BCUT2D eigenvalue weighted by Gasteiger charge is -2.15. The van der Waals surface area contributed by atoms with Crippen molar-refractivity contribution in [3.05, 3.63) is 29.6 Å². The summed E-state index contributed by atoms with van der Waals surface area (Å²) in [6.45, 7) is 4.51. The van der Waals surface area contributed by atoms with Gasteiger partial charge < -0.3 is 10.1 Å². The lowest BCUT2D eigenvalue weighted by molar-refractivity contribution is 0.231. The minimum absolute atomic E-state index is 0.249. The smallest absolute Gasteiger partial charge is 0.165 e. The van der Waals surface area contributed by atoms with Crippen LogP contribution >= 0.6 is 0 Å². The maximum atomic E-state index is 13.9. The van der Waals surface area contributed by atoms with Gasteiger partial charge in [-0.1, -0.05) is 6.07 Å². The van der Waals surface area contributed by atoms with Crippen LogP contribution in [0.4, 0.5) is 4.39 Å². The first-order chi connectivity index (χ1) is 9.81. The molecular formula is C16H23FN2O. The number of nitrogens with zero attached hydrogens (tertiary/aromatic N) is 1. The number of halogens is 1. The number of nitrogens with one attached hydrogen (secondary N) is 1. The van der Waals surface area contributed by atoms with Gasteiger partial charge in [0, 0.05) is 19.1 Å². The predicted octanol–water partition coefficient (Wildman–Crippen LogP) is 2.55. The molecule has 0 unspecified atom stereocenters. The zero-order valence-corrected chi connectivity index (χ0v) is 11.9. The number of ether oxygens (including phenoxy) is 1. The molecule has 2 aliphatic rings. The van der Waals surface area contributed by atoms with Gasteiger partial charge in [0.25, 0.3) is 0 Å². The van der Waals surface area contributed by atoms with Crippen molar-refractivity contribution in [2.75, 3.05) is 26.2 Å². The number of benzene rings is 1. The van der Waals surface area contributed by atoms with E-state index in [1.54, 1.807) is 12.1 Å². The van der Waals surface area contributed by atoms with Gasteiger partial charge in [0.2, 0.25) is 0 Å². The summed E-state index contributed by atoms with van der Waals surface area (Å²) < 4.78 is 19.5. The molecule has 1 aliphatic heterocycles. The largest absolute Gasteiger partial charge is 0.489 e. The Morgan fingerprint density at radius 2 is 2.05 bits per heavy atom. The summed E-state index contributed by atoms with van der Waals surface area (Å²) in [4.78, 5) is 2.37. The lowest BCUT2D eigenvalue weighted by Crippen LogP contribution is -2.25. The van der Waals surface area contributed by atoms with Gasteiger partial charge in [0.05, 0.1) is 0 Å². The fraction of sp³-hybridized carbons (Fsp3) is 0.625. The van der Waals surface area contributed by atoms with Crippen molar-refractivity contribution in [2.45, 2.75) is 38.3 Å². The van der Waals surface area contributed by atoms with Crippen LogP contribution in [-0.2, 0) is 6.54 Å². The van der Waals surface area contributed by atoms with Gasteiger partial charge in [-0.05, 0) is 56.5 Å². The van der Waals surface area contributed by atoms with Crippen molar-refractivity contribution in [1.29, 1.82) is 0 Å². The molecule has 0 amide bonds. The molecule has 3 rings (SSSR count). The van der Waals surface area contributed by atoms with Gasteiger partial charge in [-0.25, -0.2) is 4.39 Å². The quantitative estimate of drug-likeness (QED) is 0.829. The maximum absolute atomic E-state index is 13.9. The Morgan fingerprint density at radius 3 is 2.75 bits per heavy atom. The van der Waals surface area contributed by atoms with Gasteiger partial charge >= 0.3 is 0 Å². The Balaban J connectivity index is 1.45. The summed E-state index contributed by atoms with van der Waals surface area (Å²) in [6, 6.07) is 5.93. The lowest BCUT2D eigenvalue weighted by atomic mass is 10.2. The molecule has 0 aromatic heterocycles. The van der Waals surface area contributed by atoms with E-state index in [9.17, 15) is 4.39 Å². The first-order valence-corrected chi connectivity index (χ1v) is 7.68. The molecule has 0 atom stereocenters. The van der Waals surface area contributed by atoms with Crippen LogP contribution in [-0.4, -0.2) is 37.2 Å². The van der Waals surface area contributed by atoms with E-state index in [0.29, 0.717) is 18.4 Å². The normalized spacial score (nSPS) is 19.4. The van der Waals surface area contributed by atoms with Gasteiger partial charge in [0.1, 0.15) is 6.61 Å². The first kappa shape index (κ1) is 13.8. The van der Waals surface area contributed by atoms with Crippen molar-refractivity contribution in [3.8, 4) is 5.75 Å². The molecule has 20 heavy (non-hydrogen) atoms. The zero-order chi connectivity index (χ0) is 13.8. The summed E-state index contributed by atoms with van der Waals surface area (Å²) >= 11 is 0. The highest BCUT2D eigenvalue weighted by molar-refractivity contribution is 5.29. The van der Waals surface area contributed by atoms with Crippen LogP contribution in [0, 0.1) is 5.82 Å². The van der Waals surface area contributed by atoms with Crippen LogP contribution in [0.3, 0.4) is 0 Å². The number of hydrogen-bond donors (Lipinski definition) is 1. The molecule has 1 saturated heterocycles. The highest BCUT2D eigenvalue weighted by Crippen LogP contribution is 2.21. The summed E-state index contributed by atoms with van der Waals surface area (Å²) in [7, 11) is 0. The molecule has 1 heterocycles. The average molecular weight is 278 g/mol. The molecule has 1 aromatic carbocycles. The third-order valence-corrected chi connectivity index (χ3v) is 4.03. The van der Waals surface area contributed by atoms with Crippen molar-refractivity contribution in [2.24, 2.45) is 0 Å². The Labute approximate surface area is 120 Å². The Hall–Kier alpha value is -1.13. The molecule has 0 spiro atoms. The molecule has 4 heteroatoms. The molecule has 1 aliphatic carbocycles. The monoisotopic (exact) mass is 278 g/mol. The topological polar surface area (TPSA) is 24.5 Å². The molecule has 3 nitrogen and oxygen atoms in total. The molecule has 1 saturated carbocycles. The van der Waals surface area contributed by atoms with E-state index in [0.717, 1.165) is 31.7 Å². The van der Waals surface area contributed by atoms with E-state index in [1.165, 1.54) is 25.7 Å². The number of likely N-dealkylation sites (tertiary alicyclic amines) is 1. The van der Waals surface area contributed by atoms with Crippen molar-refractivity contribution in [1.82, 2.24) is 10.2 Å². The molecule has 0 radical (unpaired) electrons. The fourth-order valence-electron chi connectivity index (χ4n) is 2.61. The second-order valence-electron chi connectivity index (χ2n) is 5.82. The van der Waals surface area contributed by atoms with E-state index < -0.39 is 0 Å². The van der Waals surface area contributed by atoms with Gasteiger partial charge in [0.15, 0.2) is 11.6 Å². The van der Waals surface area contributed by atoms with E-state index in [-0.39, 0.29) is 5.82 Å². The van der Waals surface area contributed by atoms with E-state index >= 15 is 0 Å². The van der Waals surface area contributed by atoms with E-state index in [2.05, 4.69) is 10.2 Å². The summed E-state index contributed by atoms with van der Waals surface area (Å²) in [6.07, 6.45) is 5.05. The van der Waals surface area contributed by atoms with E-state index in [1.807, 2.05) is 6.07 Å². The molecule has 2 fully saturated rings. The molecule has 1 N–H and O–H groups in total. The third-order valence-electron chi connectivity index (χ3n) is 4.03. The van der Waals surface area contributed by atoms with Gasteiger partial charge in [-0.2, -0.15) is 0 Å². The van der Waals surface area contributed by atoms with Gasteiger partial charge in [-0.15, -0.1) is 0 Å². The van der Waals surface area contributed by atoms with Gasteiger partial charge in [-0.3, -0.25) is 4.90 Å². The molecule has 0 bridgehead atoms. The van der Waals surface area contributed by atoms with Crippen LogP contribution in [0.1, 0.15) is 31.2 Å². The van der Waals surface area contributed by atoms with Crippen LogP contribution in [0.5, 0.6) is 5.75 Å². The first-order valence-electron chi connectivity index (χ1n) is 7.68. The highest BCUT2D eigenvalue weighted by atomic mass is 19.1. The van der Waals surface area contributed by atoms with Crippen molar-refractivity contribution < 1.29 is 9.13 Å². The maximum Gasteiger partial charge on any atom is 0.165 e. The highest BCUT2D eigenvalue weighted by Gasteiger charge is 2.20. The predicted molar refractivity (Wildman–Crippen MR) is 77.4 cm³/mol. The van der Waals surface area contributed by atoms with Crippen LogP contribution in [0.25, 0.3) is 0 Å². The van der Waals surface area contributed by atoms with Crippen LogP contribution < -0.4 is 10.1 Å². The third kappa shape index (κ3) is 3.93. The Kier molecular flexibility index (Phi) is 4.53. The fourth-order valence-corrected chi connectivity index (χ4v) is 2.61. The second kappa shape index (κ2) is 6.55. The summed E-state index contributed by atoms with van der Waals surface area (Å²) in [5.41, 5.74) is 0.987. The SMILES string of the molecule is Fc1cc(CNC2CC2)ccc1OCCN1CCCC1. The molecule has 110 valence electrons. The summed E-state index contributed by atoms with van der Waals surface area (Å²) in [5, 5.41) is 3.39. The van der Waals surface area contributed by atoms with Crippen LogP contribution in [0.2, 0.25) is 0 Å². The number of hydrogen-bond acceptors (Lipinski definition) is 3. The average Bonchev–Trinajstić information content (AvgIpc) is 3.14.